The second-order valence-electron chi connectivity index (χ2n) is 3.88. The van der Waals surface area contributed by atoms with Gasteiger partial charge in [-0.3, -0.25) is 0 Å². The lowest BCUT2D eigenvalue weighted by molar-refractivity contribution is -0.149. The molecule has 0 aliphatic carbocycles. The third-order valence-electron chi connectivity index (χ3n) is 2.72. The van der Waals surface area contributed by atoms with Gasteiger partial charge in [-0.15, -0.1) is 0 Å². The van der Waals surface area contributed by atoms with Crippen molar-refractivity contribution < 1.29 is 13.2 Å². The van der Waals surface area contributed by atoms with Crippen molar-refractivity contribution in [3.8, 4) is 0 Å². The Morgan fingerprint density at radius 3 is 1.88 bits per heavy atom. The van der Waals surface area contributed by atoms with Crippen LogP contribution in [0.4, 0.5) is 13.2 Å². The molecule has 0 bridgehead atoms. The first-order valence-corrected chi connectivity index (χ1v) is 5.82. The maximum Gasteiger partial charge on any atom is 0.407 e. The van der Waals surface area contributed by atoms with Crippen molar-refractivity contribution in [1.29, 1.82) is 0 Å². The van der Waals surface area contributed by atoms with Crippen LogP contribution in [0.3, 0.4) is 0 Å². The Kier molecular flexibility index (Phi) is 4.44. The highest BCUT2D eigenvalue weighted by Crippen LogP contribution is 2.34. The van der Waals surface area contributed by atoms with E-state index in [1.54, 1.807) is 0 Å². The van der Waals surface area contributed by atoms with Crippen molar-refractivity contribution in [2.45, 2.75) is 38.9 Å². The van der Waals surface area contributed by atoms with E-state index in [9.17, 15) is 13.2 Å². The standard InChI is InChI=1S/C12H15ClF3N/c1-3-7-5-9(11(17)12(14,15)16)6-8(4-2)10(7)13/h5-6,11H,3-4,17H2,1-2H3/t11-/m1/s1. The molecule has 96 valence electrons. The van der Waals surface area contributed by atoms with Gasteiger partial charge in [-0.1, -0.05) is 37.6 Å². The first-order chi connectivity index (χ1) is 7.81. The fraction of sp³-hybridized carbons (Fsp3) is 0.500. The molecular formula is C12H15ClF3N. The zero-order valence-corrected chi connectivity index (χ0v) is 10.5. The van der Waals surface area contributed by atoms with E-state index in [4.69, 9.17) is 17.3 Å². The van der Waals surface area contributed by atoms with Gasteiger partial charge in [0.05, 0.1) is 0 Å². The van der Waals surface area contributed by atoms with Crippen LogP contribution in [0, 0.1) is 0 Å². The van der Waals surface area contributed by atoms with Gasteiger partial charge in [-0.25, -0.2) is 0 Å². The number of hydrogen-bond donors (Lipinski definition) is 1. The van der Waals surface area contributed by atoms with Crippen LogP contribution in [0.15, 0.2) is 12.1 Å². The Labute approximate surface area is 104 Å². The molecule has 1 rings (SSSR count). The van der Waals surface area contributed by atoms with Crippen molar-refractivity contribution in [1.82, 2.24) is 0 Å². The molecule has 0 saturated carbocycles. The van der Waals surface area contributed by atoms with Crippen LogP contribution in [0.1, 0.15) is 36.6 Å². The number of alkyl halides is 3. The smallest absolute Gasteiger partial charge is 0.316 e. The largest absolute Gasteiger partial charge is 0.407 e. The predicted molar refractivity (Wildman–Crippen MR) is 63.2 cm³/mol. The molecule has 17 heavy (non-hydrogen) atoms. The molecule has 1 atom stereocenters. The maximum atomic E-state index is 12.5. The third-order valence-corrected chi connectivity index (χ3v) is 3.20. The Morgan fingerprint density at radius 1 is 1.18 bits per heavy atom. The summed E-state index contributed by atoms with van der Waals surface area (Å²) in [4.78, 5) is 0. The minimum atomic E-state index is -4.43. The minimum Gasteiger partial charge on any atom is -0.316 e. The maximum absolute atomic E-state index is 12.5. The van der Waals surface area contributed by atoms with Crippen LogP contribution in [-0.4, -0.2) is 6.18 Å². The summed E-state index contributed by atoms with van der Waals surface area (Å²) in [5.41, 5.74) is 6.70. The lowest BCUT2D eigenvalue weighted by Gasteiger charge is -2.18. The Hall–Kier alpha value is -0.740. The van der Waals surface area contributed by atoms with Crippen molar-refractivity contribution in [2.75, 3.05) is 0 Å². The van der Waals surface area contributed by atoms with E-state index in [0.29, 0.717) is 29.0 Å². The van der Waals surface area contributed by atoms with Crippen molar-refractivity contribution in [3.63, 3.8) is 0 Å². The molecule has 0 spiro atoms. The Bertz CT molecular complexity index is 376. The van der Waals surface area contributed by atoms with Gasteiger partial charge in [0.2, 0.25) is 0 Å². The van der Waals surface area contributed by atoms with Gasteiger partial charge in [-0.05, 0) is 29.5 Å². The summed E-state index contributed by atoms with van der Waals surface area (Å²) in [5.74, 6) is 0. The van der Waals surface area contributed by atoms with E-state index < -0.39 is 12.2 Å². The molecule has 0 unspecified atom stereocenters. The number of nitrogens with two attached hydrogens (primary N) is 1. The van der Waals surface area contributed by atoms with Gasteiger partial charge in [0.25, 0.3) is 0 Å². The number of benzene rings is 1. The molecule has 0 aliphatic heterocycles. The van der Waals surface area contributed by atoms with Gasteiger partial charge >= 0.3 is 6.18 Å². The Morgan fingerprint density at radius 2 is 1.59 bits per heavy atom. The van der Waals surface area contributed by atoms with Crippen LogP contribution < -0.4 is 5.73 Å². The summed E-state index contributed by atoms with van der Waals surface area (Å²) in [5, 5.41) is 0.549. The van der Waals surface area contributed by atoms with Crippen LogP contribution in [0.25, 0.3) is 0 Å². The number of aryl methyl sites for hydroxylation is 2. The molecule has 1 aromatic rings. The number of rotatable bonds is 3. The molecule has 0 heterocycles. The van der Waals surface area contributed by atoms with E-state index in [0.717, 1.165) is 0 Å². The lowest BCUT2D eigenvalue weighted by atomic mass is 9.98. The zero-order valence-electron chi connectivity index (χ0n) is 9.74. The van der Waals surface area contributed by atoms with E-state index in [1.165, 1.54) is 12.1 Å². The van der Waals surface area contributed by atoms with Crippen LogP contribution >= 0.6 is 11.6 Å². The second-order valence-corrected chi connectivity index (χ2v) is 4.26. The zero-order chi connectivity index (χ0) is 13.2. The predicted octanol–water partition coefficient (Wildman–Crippen LogP) is 4.03. The summed E-state index contributed by atoms with van der Waals surface area (Å²) in [6, 6.07) is 0.939. The van der Waals surface area contributed by atoms with E-state index >= 15 is 0 Å². The SMILES string of the molecule is CCc1cc([C@@H](N)C(F)(F)F)cc(CC)c1Cl. The summed E-state index contributed by atoms with van der Waals surface area (Å²) in [6.07, 6.45) is -3.25. The molecule has 0 saturated heterocycles. The van der Waals surface area contributed by atoms with Crippen molar-refractivity contribution >= 4 is 11.6 Å². The third kappa shape index (κ3) is 3.13. The van der Waals surface area contributed by atoms with Crippen LogP contribution in [-0.2, 0) is 12.8 Å². The molecular weight excluding hydrogens is 251 g/mol. The fourth-order valence-electron chi connectivity index (χ4n) is 1.66. The quantitative estimate of drug-likeness (QED) is 0.877. The molecule has 5 heteroatoms. The molecule has 0 fully saturated rings. The van der Waals surface area contributed by atoms with Crippen LogP contribution in [0.2, 0.25) is 5.02 Å². The minimum absolute atomic E-state index is 0.0793. The van der Waals surface area contributed by atoms with Gasteiger partial charge in [-0.2, -0.15) is 13.2 Å². The first kappa shape index (κ1) is 14.3. The number of hydrogen-bond acceptors (Lipinski definition) is 1. The topological polar surface area (TPSA) is 26.0 Å². The average molecular weight is 266 g/mol. The lowest BCUT2D eigenvalue weighted by Crippen LogP contribution is -2.28. The normalized spacial score (nSPS) is 13.8. The summed E-state index contributed by atoms with van der Waals surface area (Å²) < 4.78 is 37.6. The summed E-state index contributed by atoms with van der Waals surface area (Å²) in [6.45, 7) is 3.70. The molecule has 0 aromatic heterocycles. The second kappa shape index (κ2) is 5.27. The van der Waals surface area contributed by atoms with Gasteiger partial charge in [0, 0.05) is 5.02 Å². The molecule has 0 amide bonds. The van der Waals surface area contributed by atoms with Crippen molar-refractivity contribution in [2.24, 2.45) is 5.73 Å². The molecule has 1 nitrogen and oxygen atoms in total. The molecule has 0 radical (unpaired) electrons. The summed E-state index contributed by atoms with van der Waals surface area (Å²) in [7, 11) is 0. The van der Waals surface area contributed by atoms with Gasteiger partial charge in [0.15, 0.2) is 0 Å². The molecule has 1 aromatic carbocycles. The van der Waals surface area contributed by atoms with Crippen LogP contribution in [0.5, 0.6) is 0 Å². The number of halogens is 4. The summed E-state index contributed by atoms with van der Waals surface area (Å²) >= 11 is 6.08. The molecule has 2 N–H and O–H groups in total. The highest BCUT2D eigenvalue weighted by atomic mass is 35.5. The monoisotopic (exact) mass is 265 g/mol. The van der Waals surface area contributed by atoms with Gasteiger partial charge in [0.1, 0.15) is 6.04 Å². The van der Waals surface area contributed by atoms with E-state index in [1.807, 2.05) is 13.8 Å². The average Bonchev–Trinajstić information content (AvgIpc) is 2.27. The van der Waals surface area contributed by atoms with E-state index in [2.05, 4.69) is 0 Å². The Balaban J connectivity index is 3.27. The van der Waals surface area contributed by atoms with E-state index in [-0.39, 0.29) is 5.56 Å². The van der Waals surface area contributed by atoms with Gasteiger partial charge < -0.3 is 5.73 Å². The molecule has 0 aliphatic rings. The first-order valence-electron chi connectivity index (χ1n) is 5.44. The highest BCUT2D eigenvalue weighted by molar-refractivity contribution is 6.32. The van der Waals surface area contributed by atoms with Crippen molar-refractivity contribution in [3.05, 3.63) is 33.8 Å². The fourth-order valence-corrected chi connectivity index (χ4v) is 2.04. The highest BCUT2D eigenvalue weighted by Gasteiger charge is 2.38.